The number of sulfonamides is 1. The van der Waals surface area contributed by atoms with Crippen molar-refractivity contribution in [3.63, 3.8) is 0 Å². The lowest BCUT2D eigenvalue weighted by atomic mass is 9.98. The summed E-state index contributed by atoms with van der Waals surface area (Å²) in [5.74, 6) is -0.194. The number of carbonyl (C=O) groups excluding carboxylic acids is 1. The first-order valence-electron chi connectivity index (χ1n) is 5.55. The third-order valence-electron chi connectivity index (χ3n) is 2.85. The molecule has 0 saturated carbocycles. The van der Waals surface area contributed by atoms with Crippen LogP contribution in [0, 0.1) is 17.2 Å². The van der Waals surface area contributed by atoms with E-state index in [2.05, 4.69) is 5.32 Å². The average molecular weight is 259 g/mol. The van der Waals surface area contributed by atoms with Gasteiger partial charge in [0.15, 0.2) is 5.75 Å². The summed E-state index contributed by atoms with van der Waals surface area (Å²) in [6.45, 7) is 2.94. The van der Waals surface area contributed by atoms with Crippen LogP contribution in [0.3, 0.4) is 0 Å². The van der Waals surface area contributed by atoms with Crippen molar-refractivity contribution in [3.05, 3.63) is 0 Å². The zero-order valence-electron chi connectivity index (χ0n) is 9.85. The van der Waals surface area contributed by atoms with Crippen LogP contribution in [0.1, 0.15) is 19.8 Å². The Bertz CT molecular complexity index is 405. The van der Waals surface area contributed by atoms with Gasteiger partial charge in [0, 0.05) is 26.6 Å². The Balaban J connectivity index is 2.41. The number of hydrogen-bond donors (Lipinski definition) is 1. The minimum absolute atomic E-state index is 0.0652. The van der Waals surface area contributed by atoms with Gasteiger partial charge in [-0.05, 0) is 18.8 Å². The second kappa shape index (κ2) is 5.98. The molecule has 1 amide bonds. The normalized spacial score (nSPS) is 18.6. The van der Waals surface area contributed by atoms with Gasteiger partial charge < -0.3 is 5.32 Å². The minimum Gasteiger partial charge on any atom is -0.356 e. The molecule has 0 aromatic carbocycles. The second-order valence-corrected chi connectivity index (χ2v) is 6.16. The lowest BCUT2D eigenvalue weighted by Crippen LogP contribution is -2.42. The van der Waals surface area contributed by atoms with Crippen LogP contribution in [0.15, 0.2) is 0 Å². The molecule has 1 fully saturated rings. The van der Waals surface area contributed by atoms with Gasteiger partial charge in [-0.25, -0.2) is 12.7 Å². The van der Waals surface area contributed by atoms with E-state index in [-0.39, 0.29) is 5.91 Å². The molecular weight excluding hydrogens is 242 g/mol. The molecule has 1 saturated heterocycles. The third kappa shape index (κ3) is 4.32. The molecule has 1 aliphatic rings. The van der Waals surface area contributed by atoms with Crippen molar-refractivity contribution in [3.8, 4) is 6.07 Å². The van der Waals surface area contributed by atoms with Gasteiger partial charge in [0.25, 0.3) is 0 Å². The van der Waals surface area contributed by atoms with Crippen molar-refractivity contribution in [1.82, 2.24) is 9.62 Å². The summed E-state index contributed by atoms with van der Waals surface area (Å²) in [5, 5.41) is 11.2. The summed E-state index contributed by atoms with van der Waals surface area (Å²) in [6.07, 6.45) is 1.45. The molecule has 96 valence electrons. The summed E-state index contributed by atoms with van der Waals surface area (Å²) < 4.78 is 24.5. The Kier molecular flexibility index (Phi) is 4.90. The summed E-state index contributed by atoms with van der Waals surface area (Å²) in [7, 11) is -3.40. The lowest BCUT2D eigenvalue weighted by molar-refractivity contribution is -0.119. The predicted molar refractivity (Wildman–Crippen MR) is 62.4 cm³/mol. The van der Waals surface area contributed by atoms with Crippen LogP contribution in [0.2, 0.25) is 0 Å². The Labute approximate surface area is 102 Å². The molecule has 1 heterocycles. The van der Waals surface area contributed by atoms with E-state index in [1.54, 1.807) is 6.07 Å². The van der Waals surface area contributed by atoms with Crippen LogP contribution >= 0.6 is 0 Å². The van der Waals surface area contributed by atoms with E-state index in [0.717, 1.165) is 12.8 Å². The first-order valence-corrected chi connectivity index (χ1v) is 7.16. The molecule has 0 aromatic rings. The molecule has 17 heavy (non-hydrogen) atoms. The number of nitrogens with zero attached hydrogens (tertiary/aromatic N) is 2. The maximum absolute atomic E-state index is 11.6. The molecule has 1 aliphatic heterocycles. The number of hydrogen-bond acceptors (Lipinski definition) is 4. The number of rotatable bonds is 4. The molecule has 0 radical (unpaired) electrons. The fourth-order valence-corrected chi connectivity index (χ4v) is 2.97. The SMILES string of the molecule is CC(=O)NCC1CCN(S(=O)(=O)CC#N)CC1. The predicted octanol–water partition coefficient (Wildman–Crippen LogP) is -0.312. The quantitative estimate of drug-likeness (QED) is 0.749. The highest BCUT2D eigenvalue weighted by atomic mass is 32.2. The van der Waals surface area contributed by atoms with Crippen molar-refractivity contribution in [2.24, 2.45) is 5.92 Å². The fraction of sp³-hybridized carbons (Fsp3) is 0.800. The highest BCUT2D eigenvalue weighted by Crippen LogP contribution is 2.19. The maximum Gasteiger partial charge on any atom is 0.227 e. The van der Waals surface area contributed by atoms with Crippen molar-refractivity contribution in [1.29, 1.82) is 5.26 Å². The van der Waals surface area contributed by atoms with E-state index >= 15 is 0 Å². The van der Waals surface area contributed by atoms with E-state index in [1.165, 1.54) is 11.2 Å². The topological polar surface area (TPSA) is 90.3 Å². The fourth-order valence-electron chi connectivity index (χ4n) is 1.85. The molecule has 0 bridgehead atoms. The monoisotopic (exact) mass is 259 g/mol. The van der Waals surface area contributed by atoms with Crippen molar-refractivity contribution in [2.45, 2.75) is 19.8 Å². The number of carbonyl (C=O) groups is 1. The van der Waals surface area contributed by atoms with Crippen LogP contribution in [0.25, 0.3) is 0 Å². The first-order chi connectivity index (χ1) is 7.95. The largest absolute Gasteiger partial charge is 0.356 e. The Morgan fingerprint density at radius 1 is 1.47 bits per heavy atom. The first kappa shape index (κ1) is 13.9. The van der Waals surface area contributed by atoms with Crippen LogP contribution in [-0.2, 0) is 14.8 Å². The molecule has 1 rings (SSSR count). The van der Waals surface area contributed by atoms with Gasteiger partial charge in [0.05, 0.1) is 6.07 Å². The van der Waals surface area contributed by atoms with Crippen molar-refractivity contribution in [2.75, 3.05) is 25.4 Å². The molecule has 0 spiro atoms. The van der Waals surface area contributed by atoms with Gasteiger partial charge in [-0.1, -0.05) is 0 Å². The lowest BCUT2D eigenvalue weighted by Gasteiger charge is -2.30. The Morgan fingerprint density at radius 2 is 2.06 bits per heavy atom. The molecule has 0 aromatic heterocycles. The van der Waals surface area contributed by atoms with Gasteiger partial charge in [0.2, 0.25) is 15.9 Å². The van der Waals surface area contributed by atoms with Crippen molar-refractivity contribution >= 4 is 15.9 Å². The molecule has 0 unspecified atom stereocenters. The third-order valence-corrected chi connectivity index (χ3v) is 4.50. The highest BCUT2D eigenvalue weighted by molar-refractivity contribution is 7.89. The van der Waals surface area contributed by atoms with E-state index in [4.69, 9.17) is 5.26 Å². The van der Waals surface area contributed by atoms with E-state index in [1.807, 2.05) is 0 Å². The minimum atomic E-state index is -3.40. The van der Waals surface area contributed by atoms with Crippen LogP contribution in [0.5, 0.6) is 0 Å². The average Bonchev–Trinajstić information content (AvgIpc) is 2.27. The zero-order chi connectivity index (χ0) is 12.9. The summed E-state index contributed by atoms with van der Waals surface area (Å²) in [4.78, 5) is 10.7. The van der Waals surface area contributed by atoms with Crippen LogP contribution in [-0.4, -0.2) is 44.0 Å². The van der Waals surface area contributed by atoms with E-state index in [0.29, 0.717) is 25.6 Å². The molecular formula is C10H17N3O3S. The molecule has 0 aliphatic carbocycles. The smallest absolute Gasteiger partial charge is 0.227 e. The zero-order valence-corrected chi connectivity index (χ0v) is 10.7. The van der Waals surface area contributed by atoms with E-state index < -0.39 is 15.8 Å². The number of amides is 1. The van der Waals surface area contributed by atoms with E-state index in [9.17, 15) is 13.2 Å². The van der Waals surface area contributed by atoms with Gasteiger partial charge >= 0.3 is 0 Å². The second-order valence-electron chi connectivity index (χ2n) is 4.19. The summed E-state index contributed by atoms with van der Waals surface area (Å²) >= 11 is 0. The maximum atomic E-state index is 11.6. The highest BCUT2D eigenvalue weighted by Gasteiger charge is 2.27. The molecule has 6 nitrogen and oxygen atoms in total. The molecule has 0 atom stereocenters. The molecule has 1 N–H and O–H groups in total. The standard InChI is InChI=1S/C10H17N3O3S/c1-9(14)12-8-10-2-5-13(6-3-10)17(15,16)7-4-11/h10H,2-3,5-8H2,1H3,(H,12,14). The van der Waals surface area contributed by atoms with Crippen LogP contribution in [0.4, 0.5) is 0 Å². The van der Waals surface area contributed by atoms with Crippen molar-refractivity contribution < 1.29 is 13.2 Å². The van der Waals surface area contributed by atoms with Gasteiger partial charge in [-0.2, -0.15) is 5.26 Å². The van der Waals surface area contributed by atoms with Gasteiger partial charge in [-0.3, -0.25) is 4.79 Å². The van der Waals surface area contributed by atoms with Gasteiger partial charge in [-0.15, -0.1) is 0 Å². The number of nitrogens with one attached hydrogen (secondary N) is 1. The number of piperidine rings is 1. The number of nitriles is 1. The Morgan fingerprint density at radius 3 is 2.53 bits per heavy atom. The van der Waals surface area contributed by atoms with Gasteiger partial charge in [0.1, 0.15) is 0 Å². The summed E-state index contributed by atoms with van der Waals surface area (Å²) in [5.41, 5.74) is 0. The molecule has 7 heteroatoms. The summed E-state index contributed by atoms with van der Waals surface area (Å²) in [6, 6.07) is 1.67. The van der Waals surface area contributed by atoms with Crippen LogP contribution < -0.4 is 5.32 Å². The Hall–Kier alpha value is -1.13.